The van der Waals surface area contributed by atoms with Crippen LogP contribution in [0.15, 0.2) is 24.8 Å². The first-order chi connectivity index (χ1) is 5.42. The Labute approximate surface area is 64.7 Å². The van der Waals surface area contributed by atoms with Gasteiger partial charge in [-0.15, -0.1) is 0 Å². The molecule has 2 rings (SSSR count). The van der Waals surface area contributed by atoms with E-state index in [1.807, 2.05) is 23.1 Å². The fourth-order valence-corrected chi connectivity index (χ4v) is 1.16. The Morgan fingerprint density at radius 2 is 2.36 bits per heavy atom. The highest BCUT2D eigenvalue weighted by molar-refractivity contribution is 5.51. The summed E-state index contributed by atoms with van der Waals surface area (Å²) in [5.41, 5.74) is 2.35. The average Bonchev–Trinajstić information content (AvgIpc) is 2.47. The SMILES string of the molecule is CCc1cnn2ccncc12. The molecule has 0 spiro atoms. The summed E-state index contributed by atoms with van der Waals surface area (Å²) in [5.74, 6) is 0. The fraction of sp³-hybridized carbons (Fsp3) is 0.250. The van der Waals surface area contributed by atoms with E-state index in [0.29, 0.717) is 0 Å². The predicted molar refractivity (Wildman–Crippen MR) is 42.4 cm³/mol. The third-order valence-corrected chi connectivity index (χ3v) is 1.79. The molecule has 0 aromatic carbocycles. The summed E-state index contributed by atoms with van der Waals surface area (Å²) >= 11 is 0. The van der Waals surface area contributed by atoms with Crippen molar-refractivity contribution in [2.75, 3.05) is 0 Å². The smallest absolute Gasteiger partial charge is 0.0876 e. The van der Waals surface area contributed by atoms with Gasteiger partial charge in [-0.2, -0.15) is 5.10 Å². The number of hydrogen-bond donors (Lipinski definition) is 0. The lowest BCUT2D eigenvalue weighted by Gasteiger charge is -1.91. The molecule has 2 aromatic rings. The molecule has 0 saturated heterocycles. The molecule has 3 nitrogen and oxygen atoms in total. The standard InChI is InChI=1S/C8H9N3/c1-2-7-5-10-11-4-3-9-6-8(7)11/h3-6H,2H2,1H3. The van der Waals surface area contributed by atoms with Crippen LogP contribution in [0.1, 0.15) is 12.5 Å². The highest BCUT2D eigenvalue weighted by atomic mass is 15.2. The molecule has 11 heavy (non-hydrogen) atoms. The molecule has 0 N–H and O–H groups in total. The first-order valence-corrected chi connectivity index (χ1v) is 3.68. The molecule has 0 atom stereocenters. The highest BCUT2D eigenvalue weighted by Crippen LogP contribution is 2.07. The minimum Gasteiger partial charge on any atom is -0.261 e. The Morgan fingerprint density at radius 1 is 1.45 bits per heavy atom. The molecule has 0 aliphatic carbocycles. The van der Waals surface area contributed by atoms with Crippen LogP contribution in [0.3, 0.4) is 0 Å². The molecule has 0 bridgehead atoms. The van der Waals surface area contributed by atoms with Gasteiger partial charge in [0.1, 0.15) is 0 Å². The molecular formula is C8H9N3. The molecule has 3 heteroatoms. The molecule has 0 aliphatic heterocycles. The average molecular weight is 147 g/mol. The molecular weight excluding hydrogens is 138 g/mol. The van der Waals surface area contributed by atoms with Gasteiger partial charge in [-0.05, 0) is 12.0 Å². The van der Waals surface area contributed by atoms with Crippen LogP contribution in [0, 0.1) is 0 Å². The second-order valence-corrected chi connectivity index (χ2v) is 2.43. The van der Waals surface area contributed by atoms with Gasteiger partial charge in [0, 0.05) is 12.4 Å². The quantitative estimate of drug-likeness (QED) is 0.608. The van der Waals surface area contributed by atoms with E-state index in [1.54, 1.807) is 6.20 Å². The molecule has 2 aromatic heterocycles. The van der Waals surface area contributed by atoms with Gasteiger partial charge in [-0.3, -0.25) is 4.98 Å². The normalized spacial score (nSPS) is 10.6. The monoisotopic (exact) mass is 147 g/mol. The zero-order valence-corrected chi connectivity index (χ0v) is 6.36. The topological polar surface area (TPSA) is 30.2 Å². The summed E-state index contributed by atoms with van der Waals surface area (Å²) in [5, 5.41) is 4.17. The van der Waals surface area contributed by atoms with Crippen LogP contribution in [-0.4, -0.2) is 14.6 Å². The Morgan fingerprint density at radius 3 is 3.18 bits per heavy atom. The summed E-state index contributed by atoms with van der Waals surface area (Å²) < 4.78 is 1.84. The van der Waals surface area contributed by atoms with Crippen LogP contribution in [0.4, 0.5) is 0 Å². The van der Waals surface area contributed by atoms with Crippen molar-refractivity contribution in [2.45, 2.75) is 13.3 Å². The van der Waals surface area contributed by atoms with E-state index in [-0.39, 0.29) is 0 Å². The van der Waals surface area contributed by atoms with Gasteiger partial charge in [-0.25, -0.2) is 4.52 Å². The third-order valence-electron chi connectivity index (χ3n) is 1.79. The van der Waals surface area contributed by atoms with Crippen LogP contribution in [0.2, 0.25) is 0 Å². The molecule has 0 radical (unpaired) electrons. The maximum Gasteiger partial charge on any atom is 0.0876 e. The van der Waals surface area contributed by atoms with Crippen molar-refractivity contribution in [1.82, 2.24) is 14.6 Å². The number of aromatic nitrogens is 3. The van der Waals surface area contributed by atoms with Crippen molar-refractivity contribution in [2.24, 2.45) is 0 Å². The van der Waals surface area contributed by atoms with Crippen LogP contribution in [-0.2, 0) is 6.42 Å². The van der Waals surface area contributed by atoms with Crippen LogP contribution in [0.5, 0.6) is 0 Å². The summed E-state index contributed by atoms with van der Waals surface area (Å²) in [4.78, 5) is 4.03. The van der Waals surface area contributed by atoms with E-state index >= 15 is 0 Å². The van der Waals surface area contributed by atoms with Gasteiger partial charge in [0.15, 0.2) is 0 Å². The molecule has 0 saturated carbocycles. The summed E-state index contributed by atoms with van der Waals surface area (Å²) in [6.07, 6.45) is 8.33. The van der Waals surface area contributed by atoms with Crippen LogP contribution >= 0.6 is 0 Å². The minimum atomic E-state index is 1.01. The van der Waals surface area contributed by atoms with Gasteiger partial charge >= 0.3 is 0 Å². The number of rotatable bonds is 1. The van der Waals surface area contributed by atoms with Crippen molar-refractivity contribution in [3.05, 3.63) is 30.4 Å². The largest absolute Gasteiger partial charge is 0.261 e. The first-order valence-electron chi connectivity index (χ1n) is 3.68. The number of aryl methyl sites for hydroxylation is 1. The van der Waals surface area contributed by atoms with Crippen molar-refractivity contribution >= 4 is 5.52 Å². The van der Waals surface area contributed by atoms with Crippen molar-refractivity contribution in [1.29, 1.82) is 0 Å². The van der Waals surface area contributed by atoms with Crippen molar-refractivity contribution in [3.63, 3.8) is 0 Å². The fourth-order valence-electron chi connectivity index (χ4n) is 1.16. The lowest BCUT2D eigenvalue weighted by Crippen LogP contribution is -1.86. The van der Waals surface area contributed by atoms with Gasteiger partial charge in [0.2, 0.25) is 0 Å². The third kappa shape index (κ3) is 0.888. The minimum absolute atomic E-state index is 1.01. The predicted octanol–water partition coefficient (Wildman–Crippen LogP) is 1.29. The van der Waals surface area contributed by atoms with E-state index in [4.69, 9.17) is 0 Å². The molecule has 0 fully saturated rings. The zero-order chi connectivity index (χ0) is 7.68. The van der Waals surface area contributed by atoms with Gasteiger partial charge in [0.25, 0.3) is 0 Å². The molecule has 0 aliphatic rings. The van der Waals surface area contributed by atoms with E-state index < -0.39 is 0 Å². The van der Waals surface area contributed by atoms with Crippen molar-refractivity contribution < 1.29 is 0 Å². The zero-order valence-electron chi connectivity index (χ0n) is 6.36. The maximum atomic E-state index is 4.17. The second kappa shape index (κ2) is 2.34. The van der Waals surface area contributed by atoms with Gasteiger partial charge in [-0.1, -0.05) is 6.92 Å². The van der Waals surface area contributed by atoms with E-state index in [0.717, 1.165) is 11.9 Å². The summed E-state index contributed by atoms with van der Waals surface area (Å²) in [6.45, 7) is 2.12. The van der Waals surface area contributed by atoms with E-state index in [1.165, 1.54) is 5.56 Å². The second-order valence-electron chi connectivity index (χ2n) is 2.43. The molecule has 2 heterocycles. The van der Waals surface area contributed by atoms with E-state index in [2.05, 4.69) is 17.0 Å². The van der Waals surface area contributed by atoms with E-state index in [9.17, 15) is 0 Å². The highest BCUT2D eigenvalue weighted by Gasteiger charge is 1.98. The van der Waals surface area contributed by atoms with Crippen LogP contribution in [0.25, 0.3) is 5.52 Å². The molecule has 0 unspecified atom stereocenters. The Balaban J connectivity index is 2.76. The summed E-state index contributed by atoms with van der Waals surface area (Å²) in [6, 6.07) is 0. The lowest BCUT2D eigenvalue weighted by molar-refractivity contribution is 0.946. The number of nitrogens with zero attached hydrogens (tertiary/aromatic N) is 3. The molecule has 56 valence electrons. The van der Waals surface area contributed by atoms with Crippen LogP contribution < -0.4 is 0 Å². The number of hydrogen-bond acceptors (Lipinski definition) is 2. The first kappa shape index (κ1) is 6.34. The Hall–Kier alpha value is -1.38. The number of fused-ring (bicyclic) bond motifs is 1. The Bertz CT molecular complexity index is 364. The lowest BCUT2D eigenvalue weighted by atomic mass is 10.2. The van der Waals surface area contributed by atoms with Gasteiger partial charge in [0.05, 0.1) is 17.9 Å². The maximum absolute atomic E-state index is 4.17. The summed E-state index contributed by atoms with van der Waals surface area (Å²) in [7, 11) is 0. The van der Waals surface area contributed by atoms with Gasteiger partial charge < -0.3 is 0 Å². The Kier molecular flexibility index (Phi) is 1.35. The molecule has 0 amide bonds. The van der Waals surface area contributed by atoms with Crippen molar-refractivity contribution in [3.8, 4) is 0 Å².